The van der Waals surface area contributed by atoms with Gasteiger partial charge in [-0.2, -0.15) is 0 Å². The van der Waals surface area contributed by atoms with Crippen molar-refractivity contribution in [3.63, 3.8) is 0 Å². The van der Waals surface area contributed by atoms with Gasteiger partial charge in [-0.3, -0.25) is 10.1 Å². The molecule has 0 aliphatic carbocycles. The van der Waals surface area contributed by atoms with Crippen molar-refractivity contribution in [3.8, 4) is 11.3 Å². The number of pyridine rings is 1. The fourth-order valence-corrected chi connectivity index (χ4v) is 3.82. The van der Waals surface area contributed by atoms with E-state index in [4.69, 9.17) is 4.98 Å². The Balaban J connectivity index is 1.81. The van der Waals surface area contributed by atoms with E-state index in [9.17, 15) is 4.79 Å². The molecule has 0 saturated carbocycles. The lowest BCUT2D eigenvalue weighted by molar-refractivity contribution is 0.102. The Morgan fingerprint density at radius 3 is 2.52 bits per heavy atom. The molecular formula is C22H19N3OS. The molecule has 0 atom stereocenters. The van der Waals surface area contributed by atoms with Gasteiger partial charge in [0.25, 0.3) is 5.91 Å². The van der Waals surface area contributed by atoms with Crippen LogP contribution >= 0.6 is 11.3 Å². The maximum Gasteiger partial charge on any atom is 0.258 e. The van der Waals surface area contributed by atoms with Crippen LogP contribution in [0, 0.1) is 20.8 Å². The molecule has 0 aliphatic rings. The van der Waals surface area contributed by atoms with Gasteiger partial charge in [0.05, 0.1) is 22.5 Å². The predicted molar refractivity (Wildman–Crippen MR) is 111 cm³/mol. The van der Waals surface area contributed by atoms with Gasteiger partial charge in [0.1, 0.15) is 0 Å². The second kappa shape index (κ2) is 6.93. The van der Waals surface area contributed by atoms with E-state index in [1.165, 1.54) is 11.3 Å². The van der Waals surface area contributed by atoms with Crippen LogP contribution in [0.25, 0.3) is 22.2 Å². The summed E-state index contributed by atoms with van der Waals surface area (Å²) in [5, 5.41) is 4.39. The molecule has 0 unspecified atom stereocenters. The van der Waals surface area contributed by atoms with E-state index in [1.54, 1.807) is 0 Å². The van der Waals surface area contributed by atoms with Gasteiger partial charge in [0, 0.05) is 15.8 Å². The molecule has 4 aromatic rings. The highest BCUT2D eigenvalue weighted by Crippen LogP contribution is 2.27. The van der Waals surface area contributed by atoms with E-state index in [1.807, 2.05) is 69.3 Å². The molecule has 0 aliphatic heterocycles. The van der Waals surface area contributed by atoms with Crippen molar-refractivity contribution >= 4 is 33.3 Å². The van der Waals surface area contributed by atoms with Crippen LogP contribution in [-0.2, 0) is 0 Å². The zero-order valence-electron chi connectivity index (χ0n) is 15.4. The lowest BCUT2D eigenvalue weighted by atomic mass is 10.0. The highest BCUT2D eigenvalue weighted by Gasteiger charge is 2.16. The van der Waals surface area contributed by atoms with Gasteiger partial charge in [-0.1, -0.05) is 42.0 Å². The van der Waals surface area contributed by atoms with Crippen LogP contribution in [-0.4, -0.2) is 15.9 Å². The van der Waals surface area contributed by atoms with Crippen LogP contribution < -0.4 is 5.32 Å². The van der Waals surface area contributed by atoms with Crippen molar-refractivity contribution in [1.29, 1.82) is 0 Å². The average Bonchev–Trinajstić information content (AvgIpc) is 2.97. The second-order valence-electron chi connectivity index (χ2n) is 6.56. The van der Waals surface area contributed by atoms with Crippen LogP contribution in [0.15, 0.2) is 54.6 Å². The minimum absolute atomic E-state index is 0.170. The Labute approximate surface area is 161 Å². The number of fused-ring (bicyclic) bond motifs is 1. The number of nitrogens with one attached hydrogen (secondary N) is 1. The molecule has 0 bridgehead atoms. The van der Waals surface area contributed by atoms with Gasteiger partial charge in [-0.25, -0.2) is 9.97 Å². The Morgan fingerprint density at radius 1 is 0.963 bits per heavy atom. The van der Waals surface area contributed by atoms with E-state index in [2.05, 4.69) is 16.4 Å². The number of aromatic nitrogens is 2. The third-order valence-corrected chi connectivity index (χ3v) is 5.51. The number of hydrogen-bond donors (Lipinski definition) is 1. The highest BCUT2D eigenvalue weighted by atomic mass is 32.1. The first-order chi connectivity index (χ1) is 13.0. The number of carbonyl (C=O) groups excluding carboxylic acids is 1. The van der Waals surface area contributed by atoms with Crippen molar-refractivity contribution in [2.75, 3.05) is 5.32 Å². The van der Waals surface area contributed by atoms with Crippen LogP contribution in [0.2, 0.25) is 0 Å². The first-order valence-corrected chi connectivity index (χ1v) is 9.55. The topological polar surface area (TPSA) is 54.9 Å². The van der Waals surface area contributed by atoms with E-state index >= 15 is 0 Å². The first-order valence-electron chi connectivity index (χ1n) is 8.73. The zero-order chi connectivity index (χ0) is 19.0. The maximum absolute atomic E-state index is 13.0. The normalized spacial score (nSPS) is 10.9. The molecule has 4 nitrogen and oxygen atoms in total. The molecule has 0 spiro atoms. The van der Waals surface area contributed by atoms with Crippen LogP contribution in [0.4, 0.5) is 5.13 Å². The number of thiazole rings is 1. The molecule has 0 saturated heterocycles. The molecule has 0 fully saturated rings. The first kappa shape index (κ1) is 17.4. The number of hydrogen-bond acceptors (Lipinski definition) is 4. The molecule has 2 aromatic heterocycles. The molecule has 2 heterocycles. The number of carbonyl (C=O) groups is 1. The van der Waals surface area contributed by atoms with E-state index < -0.39 is 0 Å². The van der Waals surface area contributed by atoms with Gasteiger partial charge in [0.2, 0.25) is 0 Å². The molecule has 0 radical (unpaired) electrons. The minimum atomic E-state index is -0.170. The monoisotopic (exact) mass is 373 g/mol. The molecule has 1 amide bonds. The Hall–Kier alpha value is -3.05. The molecule has 2 aromatic carbocycles. The van der Waals surface area contributed by atoms with Gasteiger partial charge in [-0.15, -0.1) is 11.3 Å². The predicted octanol–water partition coefficient (Wildman–Crippen LogP) is 5.54. The standard InChI is InChI=1S/C22H19N3OS/c1-13-7-6-8-16(11-13)20-12-18(17-9-4-5-10-19(17)24-20)21(26)25-22-23-14(2)15(3)27-22/h4-12H,1-3H3,(H,23,25,26). The fraction of sp³-hybridized carbons (Fsp3) is 0.136. The third-order valence-electron chi connectivity index (χ3n) is 4.52. The molecule has 1 N–H and O–H groups in total. The number of nitrogens with zero attached hydrogens (tertiary/aromatic N) is 2. The lowest BCUT2D eigenvalue weighted by Crippen LogP contribution is -2.13. The summed E-state index contributed by atoms with van der Waals surface area (Å²) < 4.78 is 0. The van der Waals surface area contributed by atoms with Gasteiger partial charge < -0.3 is 0 Å². The van der Waals surface area contributed by atoms with Crippen molar-refractivity contribution in [3.05, 3.63) is 76.3 Å². The third kappa shape index (κ3) is 3.46. The van der Waals surface area contributed by atoms with Crippen LogP contribution in [0.3, 0.4) is 0 Å². The largest absolute Gasteiger partial charge is 0.298 e. The summed E-state index contributed by atoms with van der Waals surface area (Å²) in [5.41, 5.74) is 5.28. The van der Waals surface area contributed by atoms with Crippen molar-refractivity contribution in [2.24, 2.45) is 0 Å². The number of rotatable bonds is 3. The summed E-state index contributed by atoms with van der Waals surface area (Å²) in [4.78, 5) is 23.3. The molecule has 5 heteroatoms. The number of anilines is 1. The average molecular weight is 373 g/mol. The molecular weight excluding hydrogens is 354 g/mol. The van der Waals surface area contributed by atoms with E-state index in [0.717, 1.165) is 38.3 Å². The summed E-state index contributed by atoms with van der Waals surface area (Å²) in [7, 11) is 0. The Kier molecular flexibility index (Phi) is 4.46. The summed E-state index contributed by atoms with van der Waals surface area (Å²) in [6, 6.07) is 17.7. The second-order valence-corrected chi connectivity index (χ2v) is 7.76. The number of amides is 1. The Bertz CT molecular complexity index is 1140. The maximum atomic E-state index is 13.0. The minimum Gasteiger partial charge on any atom is -0.298 e. The fourth-order valence-electron chi connectivity index (χ4n) is 3.01. The van der Waals surface area contributed by atoms with Crippen molar-refractivity contribution in [1.82, 2.24) is 9.97 Å². The lowest BCUT2D eigenvalue weighted by Gasteiger charge is -2.10. The van der Waals surface area contributed by atoms with Crippen LogP contribution in [0.1, 0.15) is 26.5 Å². The van der Waals surface area contributed by atoms with Crippen LogP contribution in [0.5, 0.6) is 0 Å². The van der Waals surface area contributed by atoms with Gasteiger partial charge >= 0.3 is 0 Å². The van der Waals surface area contributed by atoms with E-state index in [-0.39, 0.29) is 5.91 Å². The van der Waals surface area contributed by atoms with Gasteiger partial charge in [0.15, 0.2) is 5.13 Å². The summed E-state index contributed by atoms with van der Waals surface area (Å²) in [6.07, 6.45) is 0. The van der Waals surface area contributed by atoms with E-state index in [0.29, 0.717) is 10.7 Å². The van der Waals surface area contributed by atoms with Gasteiger partial charge in [-0.05, 0) is 39.0 Å². The number of aryl methyl sites for hydroxylation is 3. The summed E-state index contributed by atoms with van der Waals surface area (Å²) >= 11 is 1.49. The Morgan fingerprint density at radius 2 is 1.78 bits per heavy atom. The SMILES string of the molecule is Cc1cccc(-c2cc(C(=O)Nc3nc(C)c(C)s3)c3ccccc3n2)c1. The number of para-hydroxylation sites is 1. The number of benzene rings is 2. The van der Waals surface area contributed by atoms with Crippen molar-refractivity contribution < 1.29 is 4.79 Å². The quantitative estimate of drug-likeness (QED) is 0.513. The zero-order valence-corrected chi connectivity index (χ0v) is 16.2. The molecule has 4 rings (SSSR count). The summed E-state index contributed by atoms with van der Waals surface area (Å²) in [5.74, 6) is -0.170. The van der Waals surface area contributed by atoms with Crippen molar-refractivity contribution in [2.45, 2.75) is 20.8 Å². The highest BCUT2D eigenvalue weighted by molar-refractivity contribution is 7.15. The molecule has 134 valence electrons. The molecule has 27 heavy (non-hydrogen) atoms. The summed E-state index contributed by atoms with van der Waals surface area (Å²) in [6.45, 7) is 5.99. The smallest absolute Gasteiger partial charge is 0.258 e.